The highest BCUT2D eigenvalue weighted by Gasteiger charge is 2.07. The zero-order chi connectivity index (χ0) is 13.1. The van der Waals surface area contributed by atoms with Crippen LogP contribution in [0.5, 0.6) is 0 Å². The minimum Gasteiger partial charge on any atom is -0.338 e. The van der Waals surface area contributed by atoms with Gasteiger partial charge in [-0.15, -0.1) is 0 Å². The Labute approximate surface area is 125 Å². The summed E-state index contributed by atoms with van der Waals surface area (Å²) in [7, 11) is 0. The molecule has 1 heterocycles. The number of hydrogen-bond donors (Lipinski definition) is 3. The van der Waals surface area contributed by atoms with Gasteiger partial charge < -0.3 is 5.32 Å². The fourth-order valence-electron chi connectivity index (χ4n) is 1.24. The topological polar surface area (TPSA) is 75.9 Å². The van der Waals surface area contributed by atoms with Gasteiger partial charge in [0.2, 0.25) is 5.95 Å². The van der Waals surface area contributed by atoms with Crippen molar-refractivity contribution in [1.29, 1.82) is 0 Å². The maximum Gasteiger partial charge on any atom is 0.239 e. The van der Waals surface area contributed by atoms with Gasteiger partial charge in [-0.25, -0.2) is 10.8 Å². The molecule has 94 valence electrons. The van der Waals surface area contributed by atoms with E-state index in [0.29, 0.717) is 16.8 Å². The second-order valence-corrected chi connectivity index (χ2v) is 5.43. The van der Waals surface area contributed by atoms with Crippen LogP contribution in [0, 0.1) is 0 Å². The molecular weight excluding hydrogens is 385 g/mol. The van der Waals surface area contributed by atoms with Crippen molar-refractivity contribution < 1.29 is 0 Å². The Bertz CT molecular complexity index is 578. The maximum absolute atomic E-state index is 5.88. The smallest absolute Gasteiger partial charge is 0.239 e. The molecular formula is C10H8Br2ClN5. The molecule has 0 spiro atoms. The van der Waals surface area contributed by atoms with Crippen molar-refractivity contribution >= 4 is 60.9 Å². The Balaban J connectivity index is 2.33. The van der Waals surface area contributed by atoms with Crippen LogP contribution in [0.15, 0.2) is 33.3 Å². The minimum absolute atomic E-state index is 0.325. The predicted molar refractivity (Wildman–Crippen MR) is 80.0 cm³/mol. The molecule has 0 amide bonds. The van der Waals surface area contributed by atoms with Gasteiger partial charge in [-0.2, -0.15) is 4.98 Å². The number of nitrogens with one attached hydrogen (secondary N) is 2. The lowest BCUT2D eigenvalue weighted by Gasteiger charge is -2.10. The number of benzene rings is 1. The summed E-state index contributed by atoms with van der Waals surface area (Å²) in [6.45, 7) is 0. The van der Waals surface area contributed by atoms with Gasteiger partial charge in [-0.1, -0.05) is 11.6 Å². The molecule has 0 saturated carbocycles. The Morgan fingerprint density at radius 3 is 2.67 bits per heavy atom. The summed E-state index contributed by atoms with van der Waals surface area (Å²) >= 11 is 12.7. The number of aromatic nitrogens is 2. The van der Waals surface area contributed by atoms with Gasteiger partial charge in [0.15, 0.2) is 0 Å². The quantitative estimate of drug-likeness (QED) is 0.548. The number of anilines is 3. The Morgan fingerprint density at radius 2 is 2.00 bits per heavy atom. The average Bonchev–Trinajstić information content (AvgIpc) is 2.35. The first-order valence-electron chi connectivity index (χ1n) is 4.81. The van der Waals surface area contributed by atoms with E-state index in [1.165, 1.54) is 0 Å². The van der Waals surface area contributed by atoms with Crippen molar-refractivity contribution in [2.45, 2.75) is 0 Å². The highest BCUT2D eigenvalue weighted by molar-refractivity contribution is 9.11. The number of nitrogens with zero attached hydrogens (tertiary/aromatic N) is 2. The third-order valence-corrected chi connectivity index (χ3v) is 3.53. The van der Waals surface area contributed by atoms with E-state index in [1.807, 2.05) is 6.07 Å². The maximum atomic E-state index is 5.88. The fourth-order valence-corrected chi connectivity index (χ4v) is 2.31. The van der Waals surface area contributed by atoms with Crippen LogP contribution < -0.4 is 16.6 Å². The number of hydrogen-bond acceptors (Lipinski definition) is 5. The lowest BCUT2D eigenvalue weighted by molar-refractivity contribution is 1.11. The van der Waals surface area contributed by atoms with Crippen LogP contribution in [-0.4, -0.2) is 9.97 Å². The van der Waals surface area contributed by atoms with Gasteiger partial charge in [0.05, 0.1) is 10.2 Å². The highest BCUT2D eigenvalue weighted by atomic mass is 79.9. The van der Waals surface area contributed by atoms with Crippen LogP contribution in [-0.2, 0) is 0 Å². The molecule has 0 saturated heterocycles. The summed E-state index contributed by atoms with van der Waals surface area (Å²) in [5, 5.41) is 3.79. The third-order valence-electron chi connectivity index (χ3n) is 2.06. The van der Waals surface area contributed by atoms with E-state index in [1.54, 1.807) is 18.3 Å². The molecule has 8 heteroatoms. The fraction of sp³-hybridized carbons (Fsp3) is 0. The summed E-state index contributed by atoms with van der Waals surface area (Å²) in [6, 6.07) is 5.42. The van der Waals surface area contributed by atoms with Gasteiger partial charge >= 0.3 is 0 Å². The molecule has 0 atom stereocenters. The van der Waals surface area contributed by atoms with Crippen molar-refractivity contribution in [3.63, 3.8) is 0 Å². The molecule has 1 aromatic carbocycles. The van der Waals surface area contributed by atoms with Crippen LogP contribution in [0.3, 0.4) is 0 Å². The van der Waals surface area contributed by atoms with E-state index in [-0.39, 0.29) is 0 Å². The second kappa shape index (κ2) is 5.83. The SMILES string of the molecule is NNc1ncc(Br)c(Nc2ccc(Cl)cc2Br)n1. The molecule has 0 aliphatic rings. The summed E-state index contributed by atoms with van der Waals surface area (Å²) in [5.41, 5.74) is 3.22. The summed E-state index contributed by atoms with van der Waals surface area (Å²) < 4.78 is 1.56. The molecule has 2 aromatic rings. The number of nitrogen functional groups attached to an aromatic ring is 1. The molecule has 0 bridgehead atoms. The number of hydrazine groups is 1. The summed E-state index contributed by atoms with van der Waals surface area (Å²) in [6.07, 6.45) is 1.61. The number of nitrogens with two attached hydrogens (primary N) is 1. The molecule has 0 aliphatic carbocycles. The van der Waals surface area contributed by atoms with Crippen LogP contribution in [0.25, 0.3) is 0 Å². The standard InChI is InChI=1S/C10H8Br2ClN5/c11-6-3-5(13)1-2-8(6)16-9-7(12)4-15-10(17-9)18-14/h1-4H,14H2,(H2,15,16,17,18). The largest absolute Gasteiger partial charge is 0.338 e. The highest BCUT2D eigenvalue weighted by Crippen LogP contribution is 2.30. The third kappa shape index (κ3) is 3.11. The first-order chi connectivity index (χ1) is 8.60. The molecule has 0 radical (unpaired) electrons. The normalized spacial score (nSPS) is 10.2. The van der Waals surface area contributed by atoms with Crippen LogP contribution >= 0.6 is 43.5 Å². The zero-order valence-corrected chi connectivity index (χ0v) is 12.8. The van der Waals surface area contributed by atoms with Gasteiger partial charge in [-0.05, 0) is 50.1 Å². The van der Waals surface area contributed by atoms with E-state index >= 15 is 0 Å². The first-order valence-corrected chi connectivity index (χ1v) is 6.78. The molecule has 2 rings (SSSR count). The molecule has 0 fully saturated rings. The van der Waals surface area contributed by atoms with Crippen molar-refractivity contribution in [1.82, 2.24) is 9.97 Å². The van der Waals surface area contributed by atoms with Crippen molar-refractivity contribution in [2.75, 3.05) is 10.7 Å². The lowest BCUT2D eigenvalue weighted by Crippen LogP contribution is -2.11. The van der Waals surface area contributed by atoms with Gasteiger partial charge in [-0.3, -0.25) is 5.43 Å². The second-order valence-electron chi connectivity index (χ2n) is 3.28. The van der Waals surface area contributed by atoms with Gasteiger partial charge in [0.1, 0.15) is 5.82 Å². The predicted octanol–water partition coefficient (Wildman–Crippen LogP) is 3.68. The average molecular weight is 393 g/mol. The van der Waals surface area contributed by atoms with E-state index < -0.39 is 0 Å². The number of halogens is 3. The van der Waals surface area contributed by atoms with Crippen LogP contribution in [0.4, 0.5) is 17.5 Å². The molecule has 1 aromatic heterocycles. The lowest BCUT2D eigenvalue weighted by atomic mass is 10.3. The molecule has 4 N–H and O–H groups in total. The summed E-state index contributed by atoms with van der Waals surface area (Å²) in [5.74, 6) is 6.19. The Morgan fingerprint density at radius 1 is 1.22 bits per heavy atom. The van der Waals surface area contributed by atoms with E-state index in [0.717, 1.165) is 14.6 Å². The van der Waals surface area contributed by atoms with Crippen LogP contribution in [0.1, 0.15) is 0 Å². The van der Waals surface area contributed by atoms with Crippen molar-refractivity contribution in [3.05, 3.63) is 38.4 Å². The summed E-state index contributed by atoms with van der Waals surface area (Å²) in [4.78, 5) is 8.16. The van der Waals surface area contributed by atoms with E-state index in [9.17, 15) is 0 Å². The van der Waals surface area contributed by atoms with Gasteiger partial charge in [0.25, 0.3) is 0 Å². The molecule has 18 heavy (non-hydrogen) atoms. The van der Waals surface area contributed by atoms with Gasteiger partial charge in [0, 0.05) is 15.7 Å². The Kier molecular flexibility index (Phi) is 4.39. The van der Waals surface area contributed by atoms with Crippen LogP contribution in [0.2, 0.25) is 5.02 Å². The number of rotatable bonds is 3. The van der Waals surface area contributed by atoms with E-state index in [2.05, 4.69) is 52.6 Å². The first kappa shape index (κ1) is 13.5. The molecule has 0 aliphatic heterocycles. The monoisotopic (exact) mass is 391 g/mol. The van der Waals surface area contributed by atoms with Crippen molar-refractivity contribution in [2.24, 2.45) is 5.84 Å². The van der Waals surface area contributed by atoms with E-state index in [4.69, 9.17) is 17.4 Å². The Hall–Kier alpha value is -0.890. The minimum atomic E-state index is 0.325. The zero-order valence-electron chi connectivity index (χ0n) is 8.92. The molecule has 5 nitrogen and oxygen atoms in total. The molecule has 0 unspecified atom stereocenters. The van der Waals surface area contributed by atoms with Crippen molar-refractivity contribution in [3.8, 4) is 0 Å².